The SMILES string of the molecule is Cc1cc(C)cc(OCc2nnc(SCC(=O)c3ccc(-c4ccccc4)cc3)o2)c1. The molecule has 0 saturated carbocycles. The fourth-order valence-corrected chi connectivity index (χ4v) is 3.88. The van der Waals surface area contributed by atoms with Gasteiger partial charge in [0.15, 0.2) is 12.4 Å². The molecule has 1 aromatic heterocycles. The second-order valence-electron chi connectivity index (χ2n) is 7.23. The summed E-state index contributed by atoms with van der Waals surface area (Å²) in [6.45, 7) is 4.23. The first-order chi connectivity index (χ1) is 15.1. The molecule has 0 aliphatic rings. The molecule has 0 unspecified atom stereocenters. The van der Waals surface area contributed by atoms with Crippen LogP contribution in [0.15, 0.2) is 82.4 Å². The molecule has 156 valence electrons. The highest BCUT2D eigenvalue weighted by molar-refractivity contribution is 7.99. The van der Waals surface area contributed by atoms with Crippen LogP contribution in [0.2, 0.25) is 0 Å². The number of benzene rings is 3. The van der Waals surface area contributed by atoms with Gasteiger partial charge in [-0.2, -0.15) is 0 Å². The van der Waals surface area contributed by atoms with Gasteiger partial charge in [-0.25, -0.2) is 0 Å². The number of rotatable bonds is 8. The molecule has 0 saturated heterocycles. The van der Waals surface area contributed by atoms with Gasteiger partial charge in [0.25, 0.3) is 11.1 Å². The van der Waals surface area contributed by atoms with Crippen molar-refractivity contribution in [2.45, 2.75) is 25.7 Å². The van der Waals surface area contributed by atoms with Crippen LogP contribution in [0.4, 0.5) is 0 Å². The number of carbonyl (C=O) groups is 1. The van der Waals surface area contributed by atoms with E-state index in [-0.39, 0.29) is 18.1 Å². The van der Waals surface area contributed by atoms with Crippen LogP contribution in [0.25, 0.3) is 11.1 Å². The maximum Gasteiger partial charge on any atom is 0.277 e. The number of ketones is 1. The van der Waals surface area contributed by atoms with Crippen molar-refractivity contribution in [2.75, 3.05) is 5.75 Å². The Morgan fingerprint density at radius 2 is 1.58 bits per heavy atom. The van der Waals surface area contributed by atoms with Crippen molar-refractivity contribution in [2.24, 2.45) is 0 Å². The van der Waals surface area contributed by atoms with Crippen LogP contribution in [0.1, 0.15) is 27.4 Å². The van der Waals surface area contributed by atoms with Gasteiger partial charge in [-0.15, -0.1) is 10.2 Å². The molecule has 31 heavy (non-hydrogen) atoms. The Balaban J connectivity index is 1.30. The fourth-order valence-electron chi connectivity index (χ4n) is 3.21. The summed E-state index contributed by atoms with van der Waals surface area (Å²) in [5.41, 5.74) is 5.12. The van der Waals surface area contributed by atoms with E-state index in [2.05, 4.69) is 16.3 Å². The predicted octanol–water partition coefficient (Wildman–Crippen LogP) is 5.91. The number of ether oxygens (including phenoxy) is 1. The summed E-state index contributed by atoms with van der Waals surface area (Å²) in [4.78, 5) is 12.5. The average Bonchev–Trinajstić information content (AvgIpc) is 3.24. The minimum atomic E-state index is 0.0100. The third-order valence-electron chi connectivity index (χ3n) is 4.65. The number of nitrogens with zero attached hydrogens (tertiary/aromatic N) is 2. The Hall–Kier alpha value is -3.38. The summed E-state index contributed by atoms with van der Waals surface area (Å²) in [5, 5.41) is 8.35. The van der Waals surface area contributed by atoms with Crippen LogP contribution >= 0.6 is 11.8 Å². The number of carbonyl (C=O) groups excluding carboxylic acids is 1. The van der Waals surface area contributed by atoms with E-state index in [9.17, 15) is 4.79 Å². The van der Waals surface area contributed by atoms with Crippen molar-refractivity contribution in [1.29, 1.82) is 0 Å². The maximum atomic E-state index is 12.5. The molecule has 0 atom stereocenters. The van der Waals surface area contributed by atoms with Gasteiger partial charge in [0.1, 0.15) is 5.75 Å². The van der Waals surface area contributed by atoms with E-state index < -0.39 is 0 Å². The first-order valence-corrected chi connectivity index (χ1v) is 10.9. The number of aromatic nitrogens is 2. The number of hydrogen-bond donors (Lipinski definition) is 0. The van der Waals surface area contributed by atoms with E-state index in [4.69, 9.17) is 9.15 Å². The highest BCUT2D eigenvalue weighted by Crippen LogP contribution is 2.22. The Morgan fingerprint density at radius 3 is 2.29 bits per heavy atom. The van der Waals surface area contributed by atoms with Gasteiger partial charge in [-0.05, 0) is 48.2 Å². The summed E-state index contributed by atoms with van der Waals surface area (Å²) in [6.07, 6.45) is 0. The minimum absolute atomic E-state index is 0.0100. The number of Topliss-reactive ketones (excluding diaryl/α,β-unsaturated/α-hetero) is 1. The molecule has 0 radical (unpaired) electrons. The normalized spacial score (nSPS) is 10.8. The van der Waals surface area contributed by atoms with Crippen molar-refractivity contribution in [1.82, 2.24) is 10.2 Å². The molecule has 6 heteroatoms. The summed E-state index contributed by atoms with van der Waals surface area (Å²) in [6, 6.07) is 23.7. The van der Waals surface area contributed by atoms with Gasteiger partial charge in [0, 0.05) is 5.56 Å². The maximum absolute atomic E-state index is 12.5. The van der Waals surface area contributed by atoms with Crippen molar-refractivity contribution >= 4 is 17.5 Å². The van der Waals surface area contributed by atoms with Gasteiger partial charge in [0.05, 0.1) is 5.75 Å². The molecule has 5 nitrogen and oxygen atoms in total. The monoisotopic (exact) mass is 430 g/mol. The molecule has 0 aliphatic heterocycles. The van der Waals surface area contributed by atoms with Crippen molar-refractivity contribution in [3.05, 3.63) is 95.4 Å². The molecule has 0 N–H and O–H groups in total. The van der Waals surface area contributed by atoms with E-state index in [0.717, 1.165) is 28.0 Å². The highest BCUT2D eigenvalue weighted by atomic mass is 32.2. The molecule has 0 spiro atoms. The van der Waals surface area contributed by atoms with Gasteiger partial charge in [0.2, 0.25) is 0 Å². The molecule has 0 amide bonds. The first-order valence-electron chi connectivity index (χ1n) is 9.92. The van der Waals surface area contributed by atoms with Gasteiger partial charge in [-0.1, -0.05) is 72.4 Å². The minimum Gasteiger partial charge on any atom is -0.484 e. The zero-order valence-corrected chi connectivity index (χ0v) is 18.2. The van der Waals surface area contributed by atoms with Crippen molar-refractivity contribution < 1.29 is 13.9 Å². The topological polar surface area (TPSA) is 65.2 Å². The second kappa shape index (κ2) is 9.62. The first kappa shape index (κ1) is 20.9. The zero-order valence-electron chi connectivity index (χ0n) is 17.4. The summed E-state index contributed by atoms with van der Waals surface area (Å²) < 4.78 is 11.3. The standard InChI is InChI=1S/C25H22N2O3S/c1-17-12-18(2)14-22(13-17)29-15-24-26-27-25(30-24)31-16-23(28)21-10-8-20(9-11-21)19-6-4-3-5-7-19/h3-14H,15-16H2,1-2H3. The summed E-state index contributed by atoms with van der Waals surface area (Å²) in [7, 11) is 0. The van der Waals surface area contributed by atoms with Crippen LogP contribution in [-0.2, 0) is 6.61 Å². The third kappa shape index (κ3) is 5.61. The van der Waals surface area contributed by atoms with E-state index in [1.165, 1.54) is 11.8 Å². The van der Waals surface area contributed by atoms with E-state index in [0.29, 0.717) is 16.7 Å². The van der Waals surface area contributed by atoms with Crippen LogP contribution in [0.3, 0.4) is 0 Å². The van der Waals surface area contributed by atoms with Gasteiger partial charge in [-0.3, -0.25) is 4.79 Å². The largest absolute Gasteiger partial charge is 0.484 e. The van der Waals surface area contributed by atoms with Crippen LogP contribution in [-0.4, -0.2) is 21.7 Å². The third-order valence-corrected chi connectivity index (χ3v) is 5.47. The molecular formula is C25H22N2O3S. The predicted molar refractivity (Wildman–Crippen MR) is 121 cm³/mol. The highest BCUT2D eigenvalue weighted by Gasteiger charge is 2.12. The smallest absolute Gasteiger partial charge is 0.277 e. The Kier molecular flexibility index (Phi) is 6.48. The molecule has 4 rings (SSSR count). The number of aryl methyl sites for hydroxylation is 2. The summed E-state index contributed by atoms with van der Waals surface area (Å²) >= 11 is 1.23. The average molecular weight is 431 g/mol. The zero-order chi connectivity index (χ0) is 21.6. The van der Waals surface area contributed by atoms with Crippen LogP contribution in [0, 0.1) is 13.8 Å². The van der Waals surface area contributed by atoms with E-state index >= 15 is 0 Å². The van der Waals surface area contributed by atoms with E-state index in [1.807, 2.05) is 80.6 Å². The van der Waals surface area contributed by atoms with Crippen molar-refractivity contribution in [3.8, 4) is 16.9 Å². The molecule has 3 aromatic carbocycles. The Labute approximate surface area is 185 Å². The lowest BCUT2D eigenvalue weighted by Crippen LogP contribution is -2.02. The van der Waals surface area contributed by atoms with Gasteiger partial charge < -0.3 is 9.15 Å². The second-order valence-corrected chi connectivity index (χ2v) is 8.16. The lowest BCUT2D eigenvalue weighted by molar-refractivity contribution is 0.102. The molecule has 0 fully saturated rings. The molecular weight excluding hydrogens is 408 g/mol. The molecule has 1 heterocycles. The number of hydrogen-bond acceptors (Lipinski definition) is 6. The quantitative estimate of drug-likeness (QED) is 0.256. The summed E-state index contributed by atoms with van der Waals surface area (Å²) in [5.74, 6) is 1.38. The Bertz CT molecular complexity index is 1150. The fraction of sp³-hybridized carbons (Fsp3) is 0.160. The molecule has 0 bridgehead atoms. The van der Waals surface area contributed by atoms with E-state index in [1.54, 1.807) is 0 Å². The molecule has 4 aromatic rings. The number of thioether (sulfide) groups is 1. The lowest BCUT2D eigenvalue weighted by atomic mass is 10.0. The van der Waals surface area contributed by atoms with Crippen LogP contribution < -0.4 is 4.74 Å². The van der Waals surface area contributed by atoms with Crippen LogP contribution in [0.5, 0.6) is 5.75 Å². The lowest BCUT2D eigenvalue weighted by Gasteiger charge is -2.05. The van der Waals surface area contributed by atoms with Gasteiger partial charge >= 0.3 is 0 Å². The van der Waals surface area contributed by atoms with Crippen molar-refractivity contribution in [3.63, 3.8) is 0 Å². The Morgan fingerprint density at radius 1 is 0.903 bits per heavy atom. The molecule has 0 aliphatic carbocycles.